The van der Waals surface area contributed by atoms with Gasteiger partial charge in [0.25, 0.3) is 0 Å². The minimum absolute atomic E-state index is 0.0493. The van der Waals surface area contributed by atoms with Crippen LogP contribution >= 0.6 is 0 Å². The maximum Gasteiger partial charge on any atom is 0.408 e. The Morgan fingerprint density at radius 3 is 1.33 bits per heavy atom. The van der Waals surface area contributed by atoms with Crippen molar-refractivity contribution in [3.63, 3.8) is 0 Å². The topological polar surface area (TPSA) is 166 Å². The van der Waals surface area contributed by atoms with Crippen LogP contribution in [0.3, 0.4) is 0 Å². The van der Waals surface area contributed by atoms with Crippen molar-refractivity contribution < 1.29 is 28.7 Å². The zero-order valence-corrected chi connectivity index (χ0v) is 28.4. The predicted molar refractivity (Wildman–Crippen MR) is 197 cm³/mol. The van der Waals surface area contributed by atoms with Crippen molar-refractivity contribution in [2.24, 2.45) is 0 Å². The number of aromatic amines is 2. The van der Waals surface area contributed by atoms with Crippen molar-refractivity contribution in [2.45, 2.75) is 38.1 Å². The lowest BCUT2D eigenvalue weighted by atomic mass is 10.0. The Balaban J connectivity index is 1.07. The smallest absolute Gasteiger partial charge is 0.408 e. The SMILES string of the molecule is O=C(NC(Cc1c[nH]c2ccccc12)C(=O)NCCNC(=O)C(Cc1c[nH]c2ccccc12)NC(=O)OCc1ccccc1)OCc1ccccc1. The maximum atomic E-state index is 13.5. The van der Waals surface area contributed by atoms with Gasteiger partial charge >= 0.3 is 12.2 Å². The number of nitrogens with one attached hydrogen (secondary N) is 6. The van der Waals surface area contributed by atoms with Crippen LogP contribution in [0.2, 0.25) is 0 Å². The van der Waals surface area contributed by atoms with E-state index in [-0.39, 0.29) is 39.1 Å². The van der Waals surface area contributed by atoms with Crippen molar-refractivity contribution in [1.29, 1.82) is 0 Å². The monoisotopic (exact) mass is 700 g/mol. The lowest BCUT2D eigenvalue weighted by Gasteiger charge is -2.20. The largest absolute Gasteiger partial charge is 0.445 e. The molecular formula is C40H40N6O6. The Kier molecular flexibility index (Phi) is 11.8. The summed E-state index contributed by atoms with van der Waals surface area (Å²) in [5.74, 6) is -0.900. The standard InChI is InChI=1S/C40H40N6O6/c47-37(35(21-29-23-43-33-17-9-7-15-31(29)33)45-39(49)51-25-27-11-3-1-4-12-27)41-19-20-42-38(48)36(22-30-24-44-34-18-10-8-16-32(30)34)46-40(50)52-26-28-13-5-2-6-14-28/h1-18,23-24,35-36,43-44H,19-22,25-26H2,(H,41,47)(H,42,48)(H,45,49)(H,46,50). The summed E-state index contributed by atoms with van der Waals surface area (Å²) in [6.45, 7) is 0.225. The molecule has 2 atom stereocenters. The van der Waals surface area contributed by atoms with E-state index in [2.05, 4.69) is 31.2 Å². The number of aromatic nitrogens is 2. The first-order valence-electron chi connectivity index (χ1n) is 17.0. The van der Waals surface area contributed by atoms with Gasteiger partial charge in [-0.3, -0.25) is 9.59 Å². The third kappa shape index (κ3) is 9.57. The Morgan fingerprint density at radius 1 is 0.519 bits per heavy atom. The molecule has 0 aliphatic rings. The molecule has 52 heavy (non-hydrogen) atoms. The summed E-state index contributed by atoms with van der Waals surface area (Å²) in [7, 11) is 0. The number of fused-ring (bicyclic) bond motifs is 2. The highest BCUT2D eigenvalue weighted by atomic mass is 16.6. The summed E-state index contributed by atoms with van der Waals surface area (Å²) < 4.78 is 10.8. The molecule has 2 heterocycles. The average molecular weight is 701 g/mol. The molecule has 6 N–H and O–H groups in total. The van der Waals surface area contributed by atoms with E-state index in [0.29, 0.717) is 0 Å². The van der Waals surface area contributed by atoms with Gasteiger partial charge < -0.3 is 40.7 Å². The summed E-state index contributed by atoms with van der Waals surface area (Å²) >= 11 is 0. The molecule has 0 aliphatic heterocycles. The molecule has 0 bridgehead atoms. The minimum Gasteiger partial charge on any atom is -0.445 e. The zero-order chi connectivity index (χ0) is 36.1. The Morgan fingerprint density at radius 2 is 0.904 bits per heavy atom. The Labute approximate surface area is 300 Å². The second-order valence-electron chi connectivity index (χ2n) is 12.2. The van der Waals surface area contributed by atoms with Gasteiger partial charge in [0.2, 0.25) is 11.8 Å². The van der Waals surface area contributed by atoms with Gasteiger partial charge in [0.1, 0.15) is 25.3 Å². The number of amides is 4. The maximum absolute atomic E-state index is 13.5. The van der Waals surface area contributed by atoms with Gasteiger partial charge in [-0.2, -0.15) is 0 Å². The molecule has 6 aromatic rings. The molecule has 0 saturated carbocycles. The number of carbonyl (C=O) groups excluding carboxylic acids is 4. The lowest BCUT2D eigenvalue weighted by molar-refractivity contribution is -0.124. The van der Waals surface area contributed by atoms with Gasteiger partial charge in [-0.1, -0.05) is 97.1 Å². The van der Waals surface area contributed by atoms with Crippen molar-refractivity contribution in [1.82, 2.24) is 31.2 Å². The molecule has 0 aliphatic carbocycles. The number of hydrogen-bond donors (Lipinski definition) is 6. The van der Waals surface area contributed by atoms with Crippen LogP contribution in [0.25, 0.3) is 21.8 Å². The lowest BCUT2D eigenvalue weighted by Crippen LogP contribution is -2.51. The Hall–Kier alpha value is -6.56. The van der Waals surface area contributed by atoms with Crippen LogP contribution in [-0.2, 0) is 45.1 Å². The van der Waals surface area contributed by atoms with E-state index in [1.807, 2.05) is 122 Å². The van der Waals surface area contributed by atoms with Gasteiger partial charge in [-0.05, 0) is 34.4 Å². The number of alkyl carbamates (subject to hydrolysis) is 2. The van der Waals surface area contributed by atoms with Gasteiger partial charge in [0.15, 0.2) is 0 Å². The van der Waals surface area contributed by atoms with Crippen LogP contribution in [-0.4, -0.2) is 59.1 Å². The van der Waals surface area contributed by atoms with E-state index in [4.69, 9.17) is 9.47 Å². The number of ether oxygens (including phenoxy) is 2. The molecule has 2 unspecified atom stereocenters. The molecule has 0 saturated heterocycles. The number of carbonyl (C=O) groups is 4. The van der Waals surface area contributed by atoms with Gasteiger partial charge in [0.05, 0.1) is 0 Å². The van der Waals surface area contributed by atoms with E-state index >= 15 is 0 Å². The van der Waals surface area contributed by atoms with Crippen molar-refractivity contribution in [3.8, 4) is 0 Å². The number of H-pyrrole nitrogens is 2. The second kappa shape index (κ2) is 17.4. The first kappa shape index (κ1) is 35.3. The molecule has 12 heteroatoms. The van der Waals surface area contributed by atoms with E-state index in [1.54, 1.807) is 0 Å². The summed E-state index contributed by atoms with van der Waals surface area (Å²) in [5.41, 5.74) is 5.13. The third-order valence-electron chi connectivity index (χ3n) is 8.56. The zero-order valence-electron chi connectivity index (χ0n) is 28.4. The predicted octanol–water partition coefficient (Wildman–Crippen LogP) is 5.26. The van der Waals surface area contributed by atoms with Crippen LogP contribution in [0.1, 0.15) is 22.3 Å². The fourth-order valence-corrected chi connectivity index (χ4v) is 5.89. The first-order valence-corrected chi connectivity index (χ1v) is 17.0. The molecule has 4 amide bonds. The van der Waals surface area contributed by atoms with Crippen LogP contribution in [0.15, 0.2) is 122 Å². The molecule has 4 aromatic carbocycles. The molecular weight excluding hydrogens is 660 g/mol. The number of rotatable bonds is 15. The number of para-hydroxylation sites is 2. The normalized spacial score (nSPS) is 12.1. The highest BCUT2D eigenvalue weighted by Crippen LogP contribution is 2.20. The fourth-order valence-electron chi connectivity index (χ4n) is 5.89. The molecule has 0 spiro atoms. The molecule has 0 fully saturated rings. The van der Waals surface area contributed by atoms with Gasteiger partial charge in [-0.25, -0.2) is 9.59 Å². The highest BCUT2D eigenvalue weighted by molar-refractivity contribution is 5.90. The first-order chi connectivity index (χ1) is 25.4. The van der Waals surface area contributed by atoms with E-state index < -0.39 is 36.1 Å². The average Bonchev–Trinajstić information content (AvgIpc) is 3.79. The van der Waals surface area contributed by atoms with E-state index in [9.17, 15) is 19.2 Å². The van der Waals surface area contributed by atoms with Crippen molar-refractivity contribution in [3.05, 3.63) is 144 Å². The van der Waals surface area contributed by atoms with Crippen molar-refractivity contribution >= 4 is 45.8 Å². The molecule has 12 nitrogen and oxygen atoms in total. The molecule has 266 valence electrons. The third-order valence-corrected chi connectivity index (χ3v) is 8.56. The van der Waals surface area contributed by atoms with Gasteiger partial charge in [-0.15, -0.1) is 0 Å². The van der Waals surface area contributed by atoms with Crippen LogP contribution < -0.4 is 21.3 Å². The minimum atomic E-state index is -0.964. The molecule has 2 aromatic heterocycles. The summed E-state index contributed by atoms with van der Waals surface area (Å²) in [5, 5.41) is 12.9. The number of hydrogen-bond acceptors (Lipinski definition) is 6. The summed E-state index contributed by atoms with van der Waals surface area (Å²) in [6, 6.07) is 31.9. The summed E-state index contributed by atoms with van der Waals surface area (Å²) in [6.07, 6.45) is 2.56. The van der Waals surface area contributed by atoms with E-state index in [1.165, 1.54) is 0 Å². The fraction of sp³-hybridized carbons (Fsp3) is 0.200. The second-order valence-corrected chi connectivity index (χ2v) is 12.2. The number of benzene rings is 4. The van der Waals surface area contributed by atoms with Crippen LogP contribution in [0.4, 0.5) is 9.59 Å². The quantitative estimate of drug-likeness (QED) is 0.0800. The van der Waals surface area contributed by atoms with Gasteiger partial charge in [0, 0.05) is 60.1 Å². The Bertz CT molecular complexity index is 1960. The van der Waals surface area contributed by atoms with Crippen molar-refractivity contribution in [2.75, 3.05) is 13.1 Å². The molecule has 0 radical (unpaired) electrons. The molecule has 6 rings (SSSR count). The highest BCUT2D eigenvalue weighted by Gasteiger charge is 2.25. The van der Waals surface area contributed by atoms with Crippen LogP contribution in [0.5, 0.6) is 0 Å². The van der Waals surface area contributed by atoms with E-state index in [0.717, 1.165) is 44.1 Å². The summed E-state index contributed by atoms with van der Waals surface area (Å²) in [4.78, 5) is 59.0. The van der Waals surface area contributed by atoms with Crippen LogP contribution in [0, 0.1) is 0 Å².